The number of hydrogen-bond donors (Lipinski definition) is 3. The van der Waals surface area contributed by atoms with E-state index in [4.69, 9.17) is 9.52 Å². The lowest BCUT2D eigenvalue weighted by molar-refractivity contribution is 0.282. The lowest BCUT2D eigenvalue weighted by Gasteiger charge is -2.00. The van der Waals surface area contributed by atoms with Gasteiger partial charge in [-0.2, -0.15) is 0 Å². The Morgan fingerprint density at radius 2 is 2.10 bits per heavy atom. The molecule has 0 aliphatic carbocycles. The average Bonchev–Trinajstić information content (AvgIpc) is 3.06. The van der Waals surface area contributed by atoms with Gasteiger partial charge < -0.3 is 14.6 Å². The number of furan rings is 1. The molecular formula is C15H13NO4S. The van der Waals surface area contributed by atoms with E-state index in [0.717, 1.165) is 22.5 Å². The minimum Gasteiger partial charge on any atom is -0.494 e. The smallest absolute Gasteiger partial charge is 0.307 e. The lowest BCUT2D eigenvalue weighted by Crippen LogP contribution is -1.89. The minimum absolute atomic E-state index is 0.0212. The maximum Gasteiger partial charge on any atom is 0.307 e. The third-order valence-electron chi connectivity index (χ3n) is 3.09. The van der Waals surface area contributed by atoms with Crippen molar-refractivity contribution in [3.05, 3.63) is 62.3 Å². The minimum atomic E-state index is -0.287. The van der Waals surface area contributed by atoms with Gasteiger partial charge in [-0.15, -0.1) is 0 Å². The van der Waals surface area contributed by atoms with E-state index in [9.17, 15) is 9.90 Å². The van der Waals surface area contributed by atoms with Gasteiger partial charge in [0.15, 0.2) is 0 Å². The third kappa shape index (κ3) is 2.91. The molecule has 21 heavy (non-hydrogen) atoms. The quantitative estimate of drug-likeness (QED) is 0.691. The molecule has 1 aromatic carbocycles. The van der Waals surface area contributed by atoms with E-state index in [2.05, 4.69) is 4.98 Å². The summed E-state index contributed by atoms with van der Waals surface area (Å²) in [4.78, 5) is 13.7. The van der Waals surface area contributed by atoms with Crippen LogP contribution in [0.1, 0.15) is 16.2 Å². The molecular weight excluding hydrogens is 290 g/mol. The molecule has 2 aromatic heterocycles. The van der Waals surface area contributed by atoms with Gasteiger partial charge in [0.2, 0.25) is 5.88 Å². The number of aliphatic hydroxyl groups is 1. The Balaban J connectivity index is 1.86. The van der Waals surface area contributed by atoms with Gasteiger partial charge in [0.25, 0.3) is 0 Å². The summed E-state index contributed by atoms with van der Waals surface area (Å²) in [5.74, 6) is 1.23. The van der Waals surface area contributed by atoms with E-state index in [1.165, 1.54) is 0 Å². The van der Waals surface area contributed by atoms with Crippen molar-refractivity contribution in [3.63, 3.8) is 0 Å². The molecule has 0 aliphatic heterocycles. The molecule has 108 valence electrons. The van der Waals surface area contributed by atoms with Crippen LogP contribution in [0.15, 0.2) is 45.6 Å². The highest BCUT2D eigenvalue weighted by Gasteiger charge is 2.11. The predicted octanol–water partition coefficient (Wildman–Crippen LogP) is 2.49. The summed E-state index contributed by atoms with van der Waals surface area (Å²) < 4.78 is 5.74. The normalized spacial score (nSPS) is 10.9. The Morgan fingerprint density at radius 3 is 2.81 bits per heavy atom. The first kappa shape index (κ1) is 13.7. The second kappa shape index (κ2) is 5.59. The molecule has 0 atom stereocenters. The van der Waals surface area contributed by atoms with Crippen LogP contribution < -0.4 is 4.87 Å². The van der Waals surface area contributed by atoms with E-state index >= 15 is 0 Å². The maximum atomic E-state index is 11.1. The number of aromatic nitrogens is 1. The van der Waals surface area contributed by atoms with Crippen molar-refractivity contribution >= 4 is 11.3 Å². The Bertz CT molecular complexity index is 815. The Kier molecular flexibility index (Phi) is 3.64. The third-order valence-corrected chi connectivity index (χ3v) is 3.96. The van der Waals surface area contributed by atoms with Crippen LogP contribution in [-0.4, -0.2) is 15.2 Å². The first-order valence-electron chi connectivity index (χ1n) is 6.35. The number of nitrogens with one attached hydrogen (secondary N) is 1. The van der Waals surface area contributed by atoms with Gasteiger partial charge in [-0.3, -0.25) is 9.78 Å². The lowest BCUT2D eigenvalue weighted by atomic mass is 10.1. The van der Waals surface area contributed by atoms with Crippen molar-refractivity contribution in [2.45, 2.75) is 13.0 Å². The van der Waals surface area contributed by atoms with Crippen LogP contribution in [0.3, 0.4) is 0 Å². The van der Waals surface area contributed by atoms with Gasteiger partial charge in [0.1, 0.15) is 11.5 Å². The number of rotatable bonds is 4. The van der Waals surface area contributed by atoms with E-state index in [-0.39, 0.29) is 17.4 Å². The number of H-pyrrole nitrogens is 1. The summed E-state index contributed by atoms with van der Waals surface area (Å²) in [7, 11) is 0. The van der Waals surface area contributed by atoms with Gasteiger partial charge in [-0.05, 0) is 23.8 Å². The van der Waals surface area contributed by atoms with Crippen molar-refractivity contribution in [1.29, 1.82) is 0 Å². The monoisotopic (exact) mass is 303 g/mol. The molecule has 3 N–H and O–H groups in total. The highest BCUT2D eigenvalue weighted by Crippen LogP contribution is 2.26. The summed E-state index contributed by atoms with van der Waals surface area (Å²) in [6.45, 7) is -0.0212. The molecule has 0 aliphatic rings. The molecule has 6 heteroatoms. The highest BCUT2D eigenvalue weighted by atomic mass is 32.1. The largest absolute Gasteiger partial charge is 0.494 e. The number of benzene rings is 1. The standard InChI is InChI=1S/C15H13NO4S/c17-8-9-2-1-3-10(6-9)12-5-4-11(20-12)7-13-14(18)16-15(19)21-13/h1-6,17-18H,7-8H2,(H,16,19). The van der Waals surface area contributed by atoms with Gasteiger partial charge in [-0.25, -0.2) is 0 Å². The number of thiazole rings is 1. The molecule has 3 aromatic rings. The van der Waals surface area contributed by atoms with Gasteiger partial charge in [0, 0.05) is 12.0 Å². The van der Waals surface area contributed by atoms with E-state index < -0.39 is 0 Å². The summed E-state index contributed by atoms with van der Waals surface area (Å²) in [5.41, 5.74) is 1.69. The summed E-state index contributed by atoms with van der Waals surface area (Å²) in [6, 6.07) is 11.1. The molecule has 0 bridgehead atoms. The first-order chi connectivity index (χ1) is 10.2. The molecule has 2 heterocycles. The molecule has 5 nitrogen and oxygen atoms in total. The van der Waals surface area contributed by atoms with Crippen molar-refractivity contribution < 1.29 is 14.6 Å². The summed E-state index contributed by atoms with van der Waals surface area (Å²) >= 11 is 0.966. The van der Waals surface area contributed by atoms with Gasteiger partial charge >= 0.3 is 4.87 Å². The van der Waals surface area contributed by atoms with Crippen LogP contribution in [0.5, 0.6) is 5.88 Å². The zero-order chi connectivity index (χ0) is 14.8. The number of aromatic amines is 1. The van der Waals surface area contributed by atoms with Crippen LogP contribution in [-0.2, 0) is 13.0 Å². The maximum absolute atomic E-state index is 11.1. The molecule has 0 amide bonds. The van der Waals surface area contributed by atoms with Crippen LogP contribution in [0.25, 0.3) is 11.3 Å². The van der Waals surface area contributed by atoms with E-state index in [1.54, 1.807) is 0 Å². The van der Waals surface area contributed by atoms with Crippen molar-refractivity contribution in [2.24, 2.45) is 0 Å². The molecule has 0 spiro atoms. The first-order valence-corrected chi connectivity index (χ1v) is 7.17. The molecule has 0 saturated carbocycles. The van der Waals surface area contributed by atoms with Gasteiger partial charge in [0.05, 0.1) is 11.5 Å². The second-order valence-electron chi connectivity index (χ2n) is 4.59. The van der Waals surface area contributed by atoms with Crippen molar-refractivity contribution in [3.8, 4) is 17.2 Å². The van der Waals surface area contributed by atoms with E-state index in [1.807, 2.05) is 36.4 Å². The Morgan fingerprint density at radius 1 is 1.24 bits per heavy atom. The molecule has 3 rings (SSSR count). The number of aliphatic hydroxyl groups excluding tert-OH is 1. The van der Waals surface area contributed by atoms with Crippen LogP contribution in [0, 0.1) is 0 Å². The fourth-order valence-electron chi connectivity index (χ4n) is 2.08. The Hall–Kier alpha value is -2.31. The fraction of sp³-hybridized carbons (Fsp3) is 0.133. The van der Waals surface area contributed by atoms with Crippen molar-refractivity contribution in [2.75, 3.05) is 0 Å². The fourth-order valence-corrected chi connectivity index (χ4v) is 2.81. The molecule has 0 radical (unpaired) electrons. The second-order valence-corrected chi connectivity index (χ2v) is 5.66. The zero-order valence-electron chi connectivity index (χ0n) is 11.0. The van der Waals surface area contributed by atoms with Gasteiger partial charge in [-0.1, -0.05) is 29.5 Å². The molecule has 0 saturated heterocycles. The molecule has 0 fully saturated rings. The predicted molar refractivity (Wildman–Crippen MR) is 79.5 cm³/mol. The summed E-state index contributed by atoms with van der Waals surface area (Å²) in [5, 5.41) is 18.7. The topological polar surface area (TPSA) is 86.5 Å². The van der Waals surface area contributed by atoms with E-state index in [0.29, 0.717) is 22.8 Å². The number of hydrogen-bond acceptors (Lipinski definition) is 5. The molecule has 0 unspecified atom stereocenters. The highest BCUT2D eigenvalue weighted by molar-refractivity contribution is 7.09. The van der Waals surface area contributed by atoms with Crippen LogP contribution in [0.4, 0.5) is 0 Å². The number of aromatic hydroxyl groups is 1. The average molecular weight is 303 g/mol. The Labute approximate surface area is 124 Å². The SMILES string of the molecule is O=c1[nH]c(O)c(Cc2ccc(-c3cccc(CO)c3)o2)s1. The van der Waals surface area contributed by atoms with Crippen LogP contribution in [0.2, 0.25) is 0 Å². The zero-order valence-corrected chi connectivity index (χ0v) is 11.8. The van der Waals surface area contributed by atoms with Crippen LogP contribution >= 0.6 is 11.3 Å². The van der Waals surface area contributed by atoms with Crippen molar-refractivity contribution in [1.82, 2.24) is 4.98 Å². The summed E-state index contributed by atoms with van der Waals surface area (Å²) in [6.07, 6.45) is 0.356.